The summed E-state index contributed by atoms with van der Waals surface area (Å²) in [6, 6.07) is 11.0. The molecule has 0 saturated carbocycles. The minimum atomic E-state index is -3.83. The lowest BCUT2D eigenvalue weighted by atomic mass is 10.1. The molecule has 0 aliphatic rings. The van der Waals surface area contributed by atoms with E-state index < -0.39 is 22.0 Å². The van der Waals surface area contributed by atoms with Crippen molar-refractivity contribution in [3.63, 3.8) is 0 Å². The summed E-state index contributed by atoms with van der Waals surface area (Å²) in [7, 11) is -1.01. The Labute approximate surface area is 161 Å². The van der Waals surface area contributed by atoms with Gasteiger partial charge in [0.15, 0.2) is 0 Å². The van der Waals surface area contributed by atoms with E-state index in [-0.39, 0.29) is 10.5 Å². The van der Waals surface area contributed by atoms with E-state index in [9.17, 15) is 13.2 Å². The number of hydrogen-bond donors (Lipinski definition) is 1. The molecule has 0 fully saturated rings. The Kier molecular flexibility index (Phi) is 6.80. The Balaban J connectivity index is 2.32. The van der Waals surface area contributed by atoms with Crippen molar-refractivity contribution in [1.29, 1.82) is 0 Å². The highest BCUT2D eigenvalue weighted by Crippen LogP contribution is 2.25. The van der Waals surface area contributed by atoms with Crippen LogP contribution in [0.5, 0.6) is 5.75 Å². The summed E-state index contributed by atoms with van der Waals surface area (Å²) in [5.41, 5.74) is 0.968. The van der Waals surface area contributed by atoms with E-state index in [1.807, 2.05) is 19.1 Å². The molecule has 1 unspecified atom stereocenters. The zero-order valence-corrected chi connectivity index (χ0v) is 17.1. The second-order valence-corrected chi connectivity index (χ2v) is 8.06. The van der Waals surface area contributed by atoms with Crippen molar-refractivity contribution in [2.45, 2.75) is 24.3 Å². The SMILES string of the molecule is CCC(NS(=O)(=O)c1ccc(Br)c(C(=O)OC)c1)c1ccc(OC)cc1. The summed E-state index contributed by atoms with van der Waals surface area (Å²) in [4.78, 5) is 11.8. The molecular weight excluding hydrogens is 422 g/mol. The van der Waals surface area contributed by atoms with Gasteiger partial charge in [-0.05, 0) is 58.2 Å². The fourth-order valence-corrected chi connectivity index (χ4v) is 4.16. The number of nitrogens with one attached hydrogen (secondary N) is 1. The third-order valence-electron chi connectivity index (χ3n) is 3.88. The van der Waals surface area contributed by atoms with Crippen LogP contribution < -0.4 is 9.46 Å². The molecule has 2 aromatic rings. The van der Waals surface area contributed by atoms with E-state index in [1.54, 1.807) is 19.2 Å². The van der Waals surface area contributed by atoms with Crippen molar-refractivity contribution in [3.05, 3.63) is 58.1 Å². The first kappa shape index (κ1) is 20.4. The average molecular weight is 442 g/mol. The molecule has 0 spiro atoms. The summed E-state index contributed by atoms with van der Waals surface area (Å²) in [6.45, 7) is 1.89. The van der Waals surface area contributed by atoms with Gasteiger partial charge in [-0.1, -0.05) is 19.1 Å². The van der Waals surface area contributed by atoms with Crippen LogP contribution in [0.15, 0.2) is 51.8 Å². The average Bonchev–Trinajstić information content (AvgIpc) is 2.65. The Morgan fingerprint density at radius 1 is 1.15 bits per heavy atom. The third-order valence-corrected chi connectivity index (χ3v) is 6.04. The Hall–Kier alpha value is -1.90. The number of benzene rings is 2. The number of halogens is 1. The van der Waals surface area contributed by atoms with Crippen LogP contribution in [-0.4, -0.2) is 28.6 Å². The van der Waals surface area contributed by atoms with Gasteiger partial charge >= 0.3 is 5.97 Å². The number of methoxy groups -OCH3 is 2. The maximum absolute atomic E-state index is 12.8. The predicted molar refractivity (Wildman–Crippen MR) is 102 cm³/mol. The molecule has 2 rings (SSSR count). The summed E-state index contributed by atoms with van der Waals surface area (Å²) in [6.07, 6.45) is 0.561. The minimum Gasteiger partial charge on any atom is -0.497 e. The second kappa shape index (κ2) is 8.66. The number of carbonyl (C=O) groups is 1. The minimum absolute atomic E-state index is 0.00642. The van der Waals surface area contributed by atoms with Crippen LogP contribution in [-0.2, 0) is 14.8 Å². The lowest BCUT2D eigenvalue weighted by molar-refractivity contribution is 0.0599. The van der Waals surface area contributed by atoms with Crippen molar-refractivity contribution >= 4 is 31.9 Å². The highest BCUT2D eigenvalue weighted by molar-refractivity contribution is 9.10. The van der Waals surface area contributed by atoms with E-state index in [0.29, 0.717) is 16.6 Å². The van der Waals surface area contributed by atoms with Crippen molar-refractivity contribution in [1.82, 2.24) is 4.72 Å². The zero-order valence-electron chi connectivity index (χ0n) is 14.7. The summed E-state index contributed by atoms with van der Waals surface area (Å²) >= 11 is 3.23. The molecule has 0 bridgehead atoms. The number of carbonyl (C=O) groups excluding carboxylic acids is 1. The van der Waals surface area contributed by atoms with Crippen LogP contribution >= 0.6 is 15.9 Å². The topological polar surface area (TPSA) is 81.7 Å². The highest BCUT2D eigenvalue weighted by Gasteiger charge is 2.22. The molecule has 1 atom stereocenters. The molecule has 0 heterocycles. The van der Waals surface area contributed by atoms with Gasteiger partial charge < -0.3 is 9.47 Å². The number of rotatable bonds is 7. The van der Waals surface area contributed by atoms with E-state index in [1.165, 1.54) is 25.3 Å². The molecule has 0 amide bonds. The number of hydrogen-bond acceptors (Lipinski definition) is 5. The predicted octanol–water partition coefficient (Wildman–Crippen LogP) is 3.67. The molecule has 0 aliphatic heterocycles. The van der Waals surface area contributed by atoms with E-state index in [0.717, 1.165) is 5.56 Å². The zero-order chi connectivity index (χ0) is 19.3. The van der Waals surface area contributed by atoms with Crippen LogP contribution in [0.3, 0.4) is 0 Å². The van der Waals surface area contributed by atoms with Gasteiger partial charge in [-0.3, -0.25) is 0 Å². The van der Waals surface area contributed by atoms with Crippen LogP contribution in [0.4, 0.5) is 0 Å². The lowest BCUT2D eigenvalue weighted by Crippen LogP contribution is -2.28. The fraction of sp³-hybridized carbons (Fsp3) is 0.278. The standard InChI is InChI=1S/C18H20BrNO5S/c1-4-17(12-5-7-13(24-2)8-6-12)20-26(22,23)14-9-10-16(19)15(11-14)18(21)25-3/h5-11,17,20H,4H2,1-3H3. The first-order valence-electron chi connectivity index (χ1n) is 7.86. The Morgan fingerprint density at radius 3 is 2.35 bits per heavy atom. The van der Waals surface area contributed by atoms with Crippen LogP contribution in [0.25, 0.3) is 0 Å². The van der Waals surface area contributed by atoms with Crippen LogP contribution in [0, 0.1) is 0 Å². The van der Waals surface area contributed by atoms with Crippen molar-refractivity contribution < 1.29 is 22.7 Å². The molecule has 2 aromatic carbocycles. The molecule has 0 aromatic heterocycles. The summed E-state index contributed by atoms with van der Waals surface area (Å²) in [5.74, 6) is 0.0817. The van der Waals surface area contributed by atoms with Gasteiger partial charge in [0.05, 0.1) is 24.7 Å². The normalized spacial score (nSPS) is 12.5. The molecule has 26 heavy (non-hydrogen) atoms. The number of sulfonamides is 1. The molecule has 0 aliphatic carbocycles. The van der Waals surface area contributed by atoms with E-state index in [4.69, 9.17) is 4.74 Å². The first-order chi connectivity index (χ1) is 12.3. The van der Waals surface area contributed by atoms with Crippen LogP contribution in [0.1, 0.15) is 35.3 Å². The van der Waals surface area contributed by atoms with Crippen molar-refractivity contribution in [2.24, 2.45) is 0 Å². The molecular formula is C18H20BrNO5S. The molecule has 6 nitrogen and oxygen atoms in total. The van der Waals surface area contributed by atoms with Gasteiger partial charge in [0.1, 0.15) is 5.75 Å². The molecule has 0 radical (unpaired) electrons. The fourth-order valence-electron chi connectivity index (χ4n) is 2.42. The maximum Gasteiger partial charge on any atom is 0.339 e. The Bertz CT molecular complexity index is 881. The van der Waals surface area contributed by atoms with Gasteiger partial charge in [0.25, 0.3) is 0 Å². The van der Waals surface area contributed by atoms with Crippen molar-refractivity contribution in [2.75, 3.05) is 14.2 Å². The summed E-state index contributed by atoms with van der Waals surface area (Å²) < 4.78 is 38.5. The highest BCUT2D eigenvalue weighted by atomic mass is 79.9. The Morgan fingerprint density at radius 2 is 1.81 bits per heavy atom. The van der Waals surface area contributed by atoms with Gasteiger partial charge in [0.2, 0.25) is 10.0 Å². The largest absolute Gasteiger partial charge is 0.497 e. The number of esters is 1. The smallest absolute Gasteiger partial charge is 0.339 e. The van der Waals surface area contributed by atoms with Gasteiger partial charge in [-0.15, -0.1) is 0 Å². The van der Waals surface area contributed by atoms with Crippen LogP contribution in [0.2, 0.25) is 0 Å². The number of ether oxygens (including phenoxy) is 2. The van der Waals surface area contributed by atoms with E-state index >= 15 is 0 Å². The monoisotopic (exact) mass is 441 g/mol. The van der Waals surface area contributed by atoms with E-state index in [2.05, 4.69) is 25.4 Å². The molecule has 0 saturated heterocycles. The molecule has 140 valence electrons. The molecule has 1 N–H and O–H groups in total. The third kappa shape index (κ3) is 4.63. The first-order valence-corrected chi connectivity index (χ1v) is 10.1. The van der Waals surface area contributed by atoms with Gasteiger partial charge in [-0.2, -0.15) is 0 Å². The van der Waals surface area contributed by atoms with Gasteiger partial charge in [-0.25, -0.2) is 17.9 Å². The second-order valence-electron chi connectivity index (χ2n) is 5.49. The van der Waals surface area contributed by atoms with Crippen molar-refractivity contribution in [3.8, 4) is 5.75 Å². The quantitative estimate of drug-likeness (QED) is 0.662. The van der Waals surface area contributed by atoms with Gasteiger partial charge in [0, 0.05) is 10.5 Å². The summed E-state index contributed by atoms with van der Waals surface area (Å²) in [5, 5.41) is 0. The molecule has 8 heteroatoms. The maximum atomic E-state index is 12.8. The lowest BCUT2D eigenvalue weighted by Gasteiger charge is -2.18.